The molecule has 0 aromatic heterocycles. The van der Waals surface area contributed by atoms with Gasteiger partial charge in [-0.1, -0.05) is 131 Å². The molecule has 0 saturated carbocycles. The van der Waals surface area contributed by atoms with Gasteiger partial charge in [0.05, 0.1) is 12.7 Å². The second-order valence-corrected chi connectivity index (χ2v) is 8.18. The lowest BCUT2D eigenvalue weighted by Crippen LogP contribution is -2.30. The van der Waals surface area contributed by atoms with E-state index in [2.05, 4.69) is 33.0 Å². The highest BCUT2D eigenvalue weighted by Crippen LogP contribution is 2.12. The van der Waals surface area contributed by atoms with Gasteiger partial charge in [0.15, 0.2) is 0 Å². The summed E-state index contributed by atoms with van der Waals surface area (Å²) in [7, 11) is 0. The van der Waals surface area contributed by atoms with E-state index in [1.54, 1.807) is 0 Å². The van der Waals surface area contributed by atoms with Crippen molar-refractivity contribution in [2.45, 2.75) is 150 Å². The molecule has 0 aromatic carbocycles. The number of hydrogen-bond donors (Lipinski definition) is 2. The third-order valence-corrected chi connectivity index (χ3v) is 4.92. The molecule has 0 saturated heterocycles. The normalized spacial score (nSPS) is 11.3. The Kier molecular flexibility index (Phi) is 41.7. The van der Waals surface area contributed by atoms with E-state index < -0.39 is 0 Å². The van der Waals surface area contributed by atoms with Crippen molar-refractivity contribution in [1.82, 2.24) is 5.32 Å². The maximum absolute atomic E-state index is 9.31. The van der Waals surface area contributed by atoms with Crippen molar-refractivity contribution < 1.29 is 9.84 Å². The van der Waals surface area contributed by atoms with Crippen molar-refractivity contribution >= 4 is 0 Å². The Morgan fingerprint density at radius 2 is 1.00 bits per heavy atom. The molecule has 2 N–H and O–H groups in total. The van der Waals surface area contributed by atoms with Crippen LogP contribution in [0, 0.1) is 0 Å². The summed E-state index contributed by atoms with van der Waals surface area (Å²) >= 11 is 0. The van der Waals surface area contributed by atoms with Crippen LogP contribution >= 0.6 is 0 Å². The Morgan fingerprint density at radius 3 is 1.33 bits per heavy atom. The molecule has 0 aliphatic heterocycles. The van der Waals surface area contributed by atoms with Crippen molar-refractivity contribution in [3.63, 3.8) is 0 Å². The average molecular weight is 432 g/mol. The van der Waals surface area contributed by atoms with Gasteiger partial charge in [-0.3, -0.25) is 0 Å². The fourth-order valence-corrected chi connectivity index (χ4v) is 3.14. The van der Waals surface area contributed by atoms with E-state index >= 15 is 0 Å². The molecule has 0 aliphatic carbocycles. The Bertz CT molecular complexity index is 225. The van der Waals surface area contributed by atoms with Gasteiger partial charge in [0.1, 0.15) is 0 Å². The van der Waals surface area contributed by atoms with Gasteiger partial charge >= 0.3 is 0 Å². The SMILES string of the molecule is CC.CCCCCCCCCCCCCCCC.CCCNCC(O)COCCC. The van der Waals surface area contributed by atoms with Crippen LogP contribution in [0.1, 0.15) is 144 Å². The summed E-state index contributed by atoms with van der Waals surface area (Å²) in [4.78, 5) is 0. The number of nitrogens with one attached hydrogen (secondary N) is 1. The molecule has 1 atom stereocenters. The molecule has 0 aliphatic rings. The second kappa shape index (κ2) is 36.3. The molecular formula is C27H61NO2. The monoisotopic (exact) mass is 431 g/mol. The Morgan fingerprint density at radius 1 is 0.600 bits per heavy atom. The van der Waals surface area contributed by atoms with E-state index in [4.69, 9.17) is 4.74 Å². The van der Waals surface area contributed by atoms with Crippen LogP contribution in [-0.2, 0) is 4.74 Å². The molecule has 186 valence electrons. The average Bonchev–Trinajstić information content (AvgIpc) is 2.77. The number of aliphatic hydroxyl groups excluding tert-OH is 1. The van der Waals surface area contributed by atoms with Crippen LogP contribution in [0.2, 0.25) is 0 Å². The third kappa shape index (κ3) is 38.5. The zero-order valence-electron chi connectivity index (χ0n) is 22.1. The smallest absolute Gasteiger partial charge is 0.0897 e. The zero-order valence-corrected chi connectivity index (χ0v) is 22.1. The minimum atomic E-state index is -0.358. The summed E-state index contributed by atoms with van der Waals surface area (Å²) in [5.41, 5.74) is 0. The van der Waals surface area contributed by atoms with E-state index in [-0.39, 0.29) is 6.10 Å². The zero-order chi connectivity index (χ0) is 23.1. The Hall–Kier alpha value is -0.120. The van der Waals surface area contributed by atoms with Crippen LogP contribution in [0.25, 0.3) is 0 Å². The topological polar surface area (TPSA) is 41.5 Å². The van der Waals surface area contributed by atoms with E-state index in [0.29, 0.717) is 13.2 Å². The molecule has 3 nitrogen and oxygen atoms in total. The maximum Gasteiger partial charge on any atom is 0.0897 e. The van der Waals surface area contributed by atoms with Crippen molar-refractivity contribution in [2.24, 2.45) is 0 Å². The molecule has 0 aromatic rings. The van der Waals surface area contributed by atoms with Gasteiger partial charge in [0, 0.05) is 13.2 Å². The van der Waals surface area contributed by atoms with Crippen LogP contribution in [0.4, 0.5) is 0 Å². The van der Waals surface area contributed by atoms with Crippen LogP contribution in [0.15, 0.2) is 0 Å². The summed E-state index contributed by atoms with van der Waals surface area (Å²) in [5, 5.41) is 12.4. The molecule has 0 rings (SSSR count). The van der Waals surface area contributed by atoms with Gasteiger partial charge in [-0.15, -0.1) is 0 Å². The van der Waals surface area contributed by atoms with Crippen molar-refractivity contribution in [3.05, 3.63) is 0 Å². The molecule has 0 spiro atoms. The lowest BCUT2D eigenvalue weighted by molar-refractivity contribution is 0.0375. The number of hydrogen-bond acceptors (Lipinski definition) is 3. The van der Waals surface area contributed by atoms with E-state index in [1.165, 1.54) is 89.9 Å². The summed E-state index contributed by atoms with van der Waals surface area (Å²) in [5.74, 6) is 0. The molecule has 0 bridgehead atoms. The van der Waals surface area contributed by atoms with E-state index in [1.807, 2.05) is 13.8 Å². The second-order valence-electron chi connectivity index (χ2n) is 8.18. The van der Waals surface area contributed by atoms with Crippen molar-refractivity contribution in [2.75, 3.05) is 26.3 Å². The summed E-state index contributed by atoms with van der Waals surface area (Å²) in [6.45, 7) is 15.5. The number of ether oxygens (including phenoxy) is 1. The fourth-order valence-electron chi connectivity index (χ4n) is 3.14. The van der Waals surface area contributed by atoms with Crippen molar-refractivity contribution in [3.8, 4) is 0 Å². The molecule has 1 unspecified atom stereocenters. The van der Waals surface area contributed by atoms with Crippen LogP contribution < -0.4 is 5.32 Å². The number of rotatable bonds is 21. The lowest BCUT2D eigenvalue weighted by atomic mass is 10.0. The van der Waals surface area contributed by atoms with E-state index in [9.17, 15) is 5.11 Å². The first-order valence-corrected chi connectivity index (χ1v) is 13.7. The Labute approximate surface area is 192 Å². The highest BCUT2D eigenvalue weighted by atomic mass is 16.5. The molecular weight excluding hydrogens is 370 g/mol. The van der Waals surface area contributed by atoms with Gasteiger partial charge in [0.25, 0.3) is 0 Å². The quantitative estimate of drug-likeness (QED) is 0.180. The predicted octanol–water partition coefficient (Wildman–Crippen LogP) is 8.29. The minimum Gasteiger partial charge on any atom is -0.389 e. The molecule has 0 heterocycles. The molecule has 0 radical (unpaired) electrons. The molecule has 30 heavy (non-hydrogen) atoms. The predicted molar refractivity (Wildman–Crippen MR) is 138 cm³/mol. The standard InChI is InChI=1S/C16H34.C9H21NO2.C2H6/c1-3-5-7-9-11-13-15-16-14-12-10-8-6-4-2;1-3-5-10-7-9(11)8-12-6-4-2;1-2/h3-16H2,1-2H3;9-11H,3-8H2,1-2H3;1-2H3. The first-order valence-electron chi connectivity index (χ1n) is 13.7. The summed E-state index contributed by atoms with van der Waals surface area (Å²) < 4.78 is 5.19. The van der Waals surface area contributed by atoms with Crippen LogP contribution in [-0.4, -0.2) is 37.5 Å². The highest BCUT2D eigenvalue weighted by molar-refractivity contribution is 4.57. The summed E-state index contributed by atoms with van der Waals surface area (Å²) in [6.07, 6.45) is 22.2. The highest BCUT2D eigenvalue weighted by Gasteiger charge is 2.01. The van der Waals surface area contributed by atoms with Gasteiger partial charge in [-0.25, -0.2) is 0 Å². The Balaban J connectivity index is -0.000000464. The van der Waals surface area contributed by atoms with Crippen LogP contribution in [0.3, 0.4) is 0 Å². The third-order valence-electron chi connectivity index (χ3n) is 4.92. The molecule has 0 amide bonds. The molecule has 0 fully saturated rings. The fraction of sp³-hybridized carbons (Fsp3) is 1.00. The first-order chi connectivity index (χ1) is 14.7. The van der Waals surface area contributed by atoms with Gasteiger partial charge in [-0.05, 0) is 19.4 Å². The van der Waals surface area contributed by atoms with Crippen molar-refractivity contribution in [1.29, 1.82) is 0 Å². The van der Waals surface area contributed by atoms with Crippen LogP contribution in [0.5, 0.6) is 0 Å². The van der Waals surface area contributed by atoms with Gasteiger partial charge < -0.3 is 15.2 Å². The molecule has 3 heteroatoms. The van der Waals surface area contributed by atoms with Gasteiger partial charge in [0.2, 0.25) is 0 Å². The lowest BCUT2D eigenvalue weighted by Gasteiger charge is -2.11. The maximum atomic E-state index is 9.31. The first kappa shape index (κ1) is 34.5. The largest absolute Gasteiger partial charge is 0.389 e. The number of aliphatic hydroxyl groups is 1. The van der Waals surface area contributed by atoms with E-state index in [0.717, 1.165) is 26.0 Å². The summed E-state index contributed by atoms with van der Waals surface area (Å²) in [6, 6.07) is 0. The van der Waals surface area contributed by atoms with Gasteiger partial charge in [-0.2, -0.15) is 0 Å². The minimum absolute atomic E-state index is 0.358. The number of unbranched alkanes of at least 4 members (excludes halogenated alkanes) is 13.